The van der Waals surface area contributed by atoms with Crippen molar-refractivity contribution in [3.8, 4) is 0 Å². The molecular formula is C19H25NO. The molecular weight excluding hydrogens is 258 g/mol. The first kappa shape index (κ1) is 17.0. The zero-order chi connectivity index (χ0) is 15.5. The van der Waals surface area contributed by atoms with Crippen LogP contribution in [0.25, 0.3) is 0 Å². The van der Waals surface area contributed by atoms with E-state index in [9.17, 15) is 5.11 Å². The van der Waals surface area contributed by atoms with E-state index in [1.165, 1.54) is 0 Å². The van der Waals surface area contributed by atoms with E-state index >= 15 is 0 Å². The van der Waals surface area contributed by atoms with Crippen molar-refractivity contribution >= 4 is 0 Å². The third-order valence-electron chi connectivity index (χ3n) is 3.27. The molecule has 1 aliphatic carbocycles. The fraction of sp³-hybridized carbons (Fsp3) is 0.263. The standard InChI is InChI=1S/C19H25NO/c1-4-7-11-16(5-2)19(14-15-21)20-18-13-10-8-9-12-17(18)6-3/h4-8,10-13,19-21H,2-3,9,14-15H2,1H3/b7-4-,16-11+. The van der Waals surface area contributed by atoms with Crippen molar-refractivity contribution < 1.29 is 5.11 Å². The number of hydrogen-bond donors (Lipinski definition) is 2. The molecule has 0 heterocycles. The van der Waals surface area contributed by atoms with Gasteiger partial charge in [-0.3, -0.25) is 0 Å². The maximum atomic E-state index is 9.33. The normalized spacial score (nSPS) is 17.0. The molecule has 1 rings (SSSR count). The summed E-state index contributed by atoms with van der Waals surface area (Å²) >= 11 is 0. The third-order valence-corrected chi connectivity index (χ3v) is 3.27. The number of aliphatic hydroxyl groups is 1. The number of rotatable bonds is 8. The molecule has 0 aliphatic heterocycles. The molecule has 1 aliphatic rings. The van der Waals surface area contributed by atoms with Gasteiger partial charge in [0.25, 0.3) is 0 Å². The summed E-state index contributed by atoms with van der Waals surface area (Å²) in [5.41, 5.74) is 3.16. The lowest BCUT2D eigenvalue weighted by atomic mass is 10.0. The van der Waals surface area contributed by atoms with E-state index < -0.39 is 0 Å². The summed E-state index contributed by atoms with van der Waals surface area (Å²) in [6.07, 6.45) is 19.5. The summed E-state index contributed by atoms with van der Waals surface area (Å²) in [6.45, 7) is 9.84. The number of aliphatic hydroxyl groups excluding tert-OH is 1. The molecule has 21 heavy (non-hydrogen) atoms. The molecule has 0 aromatic carbocycles. The van der Waals surface area contributed by atoms with Crippen LogP contribution in [0.3, 0.4) is 0 Å². The van der Waals surface area contributed by atoms with Crippen molar-refractivity contribution in [3.05, 3.63) is 84.7 Å². The average molecular weight is 283 g/mol. The molecule has 1 unspecified atom stereocenters. The molecule has 1 atom stereocenters. The molecule has 0 spiro atoms. The van der Waals surface area contributed by atoms with Crippen LogP contribution in [-0.2, 0) is 0 Å². The summed E-state index contributed by atoms with van der Waals surface area (Å²) < 4.78 is 0. The first-order valence-corrected chi connectivity index (χ1v) is 7.29. The second kappa shape index (κ2) is 9.78. The zero-order valence-corrected chi connectivity index (χ0v) is 12.8. The van der Waals surface area contributed by atoms with Gasteiger partial charge in [-0.15, -0.1) is 0 Å². The fourth-order valence-electron chi connectivity index (χ4n) is 2.14. The van der Waals surface area contributed by atoms with Gasteiger partial charge in [-0.25, -0.2) is 0 Å². The van der Waals surface area contributed by atoms with E-state index in [0.717, 1.165) is 23.3 Å². The quantitative estimate of drug-likeness (QED) is 0.661. The summed E-state index contributed by atoms with van der Waals surface area (Å²) in [4.78, 5) is 0. The zero-order valence-electron chi connectivity index (χ0n) is 12.8. The SMILES string of the molecule is C=CC1=CCC=CC=C1NC(CCO)/C(C=C)=C/C=C\C. The van der Waals surface area contributed by atoms with Gasteiger partial charge < -0.3 is 10.4 Å². The lowest BCUT2D eigenvalue weighted by molar-refractivity contribution is 0.276. The topological polar surface area (TPSA) is 32.3 Å². The minimum absolute atomic E-state index is 0.0183. The maximum Gasteiger partial charge on any atom is 0.0535 e. The van der Waals surface area contributed by atoms with E-state index in [-0.39, 0.29) is 12.6 Å². The molecule has 0 fully saturated rings. The molecule has 0 amide bonds. The highest BCUT2D eigenvalue weighted by atomic mass is 16.3. The third kappa shape index (κ3) is 5.44. The van der Waals surface area contributed by atoms with Gasteiger partial charge in [0.2, 0.25) is 0 Å². The van der Waals surface area contributed by atoms with Crippen molar-refractivity contribution in [1.29, 1.82) is 0 Å². The molecule has 0 bridgehead atoms. The molecule has 112 valence electrons. The van der Waals surface area contributed by atoms with Crippen LogP contribution in [0.4, 0.5) is 0 Å². The smallest absolute Gasteiger partial charge is 0.0535 e. The van der Waals surface area contributed by atoms with Crippen LogP contribution in [0.1, 0.15) is 19.8 Å². The predicted molar refractivity (Wildman–Crippen MR) is 91.8 cm³/mol. The van der Waals surface area contributed by atoms with E-state index in [1.54, 1.807) is 0 Å². The summed E-state index contributed by atoms with van der Waals surface area (Å²) in [5, 5.41) is 12.8. The maximum absolute atomic E-state index is 9.33. The van der Waals surface area contributed by atoms with E-state index in [2.05, 4.69) is 30.6 Å². The van der Waals surface area contributed by atoms with Gasteiger partial charge >= 0.3 is 0 Å². The van der Waals surface area contributed by atoms with Crippen LogP contribution in [0.2, 0.25) is 0 Å². The Labute approximate surface area is 128 Å². The number of allylic oxidation sites excluding steroid dienone is 8. The number of hydrogen-bond acceptors (Lipinski definition) is 2. The molecule has 2 N–H and O–H groups in total. The Morgan fingerprint density at radius 3 is 2.90 bits per heavy atom. The van der Waals surface area contributed by atoms with Gasteiger partial charge in [-0.2, -0.15) is 0 Å². The first-order chi connectivity index (χ1) is 10.3. The largest absolute Gasteiger partial charge is 0.396 e. The molecule has 0 radical (unpaired) electrons. The Balaban J connectivity index is 3.01. The van der Waals surface area contributed by atoms with Crippen LogP contribution in [-0.4, -0.2) is 17.8 Å². The lowest BCUT2D eigenvalue weighted by Gasteiger charge is -2.23. The summed E-state index contributed by atoms with van der Waals surface area (Å²) in [5.74, 6) is 0. The highest BCUT2D eigenvalue weighted by molar-refractivity contribution is 5.43. The lowest BCUT2D eigenvalue weighted by Crippen LogP contribution is -2.31. The first-order valence-electron chi connectivity index (χ1n) is 7.29. The Morgan fingerprint density at radius 1 is 1.48 bits per heavy atom. The van der Waals surface area contributed by atoms with Crippen LogP contribution in [0.15, 0.2) is 84.7 Å². The van der Waals surface area contributed by atoms with Crippen LogP contribution >= 0.6 is 0 Å². The molecule has 0 saturated heterocycles. The molecule has 2 nitrogen and oxygen atoms in total. The van der Waals surface area contributed by atoms with Gasteiger partial charge in [0.15, 0.2) is 0 Å². The second-order valence-electron chi connectivity index (χ2n) is 4.71. The monoisotopic (exact) mass is 283 g/mol. The van der Waals surface area contributed by atoms with Crippen LogP contribution < -0.4 is 5.32 Å². The second-order valence-corrected chi connectivity index (χ2v) is 4.71. The van der Waals surface area contributed by atoms with Gasteiger partial charge in [-0.1, -0.05) is 61.8 Å². The molecule has 0 aromatic rings. The Kier molecular flexibility index (Phi) is 7.92. The van der Waals surface area contributed by atoms with Crippen molar-refractivity contribution in [3.63, 3.8) is 0 Å². The Morgan fingerprint density at radius 2 is 2.29 bits per heavy atom. The Hall–Kier alpha value is -2.06. The van der Waals surface area contributed by atoms with Gasteiger partial charge in [0.1, 0.15) is 0 Å². The molecule has 2 heteroatoms. The van der Waals surface area contributed by atoms with Crippen molar-refractivity contribution in [1.82, 2.24) is 5.32 Å². The van der Waals surface area contributed by atoms with Gasteiger partial charge in [-0.05, 0) is 37.0 Å². The molecule has 0 aromatic heterocycles. The van der Waals surface area contributed by atoms with Crippen LogP contribution in [0, 0.1) is 0 Å². The predicted octanol–water partition coefficient (Wildman–Crippen LogP) is 3.97. The van der Waals surface area contributed by atoms with Crippen molar-refractivity contribution in [2.24, 2.45) is 0 Å². The number of nitrogens with one attached hydrogen (secondary N) is 1. The van der Waals surface area contributed by atoms with Gasteiger partial charge in [0.05, 0.1) is 6.04 Å². The van der Waals surface area contributed by atoms with E-state index in [4.69, 9.17) is 0 Å². The highest BCUT2D eigenvalue weighted by Crippen LogP contribution is 2.17. The minimum atomic E-state index is 0.0183. The minimum Gasteiger partial charge on any atom is -0.396 e. The van der Waals surface area contributed by atoms with Crippen LogP contribution in [0.5, 0.6) is 0 Å². The van der Waals surface area contributed by atoms with Gasteiger partial charge in [0, 0.05) is 12.3 Å². The van der Waals surface area contributed by atoms with Crippen molar-refractivity contribution in [2.45, 2.75) is 25.8 Å². The average Bonchev–Trinajstić information content (AvgIpc) is 2.73. The summed E-state index contributed by atoms with van der Waals surface area (Å²) in [7, 11) is 0. The van der Waals surface area contributed by atoms with Crippen molar-refractivity contribution in [2.75, 3.05) is 6.61 Å². The Bertz CT molecular complexity index is 504. The molecule has 0 saturated carbocycles. The van der Waals surface area contributed by atoms with E-state index in [0.29, 0.717) is 6.42 Å². The highest BCUT2D eigenvalue weighted by Gasteiger charge is 2.14. The van der Waals surface area contributed by atoms with E-state index in [1.807, 2.05) is 49.5 Å². The fourth-order valence-corrected chi connectivity index (χ4v) is 2.14. The summed E-state index contributed by atoms with van der Waals surface area (Å²) in [6, 6.07) is 0.0183.